The first kappa shape index (κ1) is 15.5. The fraction of sp³-hybridized carbons (Fsp3) is 0.235. The van der Waals surface area contributed by atoms with Gasteiger partial charge in [-0.1, -0.05) is 11.6 Å². The minimum absolute atomic E-state index is 0.114. The SMILES string of the molecule is CC(O)c1ccnc2sc3c(=O)n(C4=CC=C(Cl)CC4)cnc3c12. The van der Waals surface area contributed by atoms with E-state index in [1.54, 1.807) is 30.1 Å². The monoisotopic (exact) mass is 359 g/mol. The Morgan fingerprint density at radius 3 is 2.88 bits per heavy atom. The van der Waals surface area contributed by atoms with E-state index in [1.165, 1.54) is 11.3 Å². The van der Waals surface area contributed by atoms with Crippen LogP contribution in [0, 0.1) is 0 Å². The lowest BCUT2D eigenvalue weighted by atomic mass is 10.1. The Balaban J connectivity index is 2.00. The van der Waals surface area contributed by atoms with Crippen LogP contribution in [0.5, 0.6) is 0 Å². The Labute approximate surface area is 146 Å². The van der Waals surface area contributed by atoms with E-state index >= 15 is 0 Å². The Morgan fingerprint density at radius 2 is 2.17 bits per heavy atom. The number of aliphatic hydroxyl groups is 1. The fourth-order valence-electron chi connectivity index (χ4n) is 2.93. The van der Waals surface area contributed by atoms with E-state index in [9.17, 15) is 9.90 Å². The molecule has 1 atom stereocenters. The average Bonchev–Trinajstić information content (AvgIpc) is 2.96. The molecule has 0 spiro atoms. The first-order valence-corrected chi connectivity index (χ1v) is 8.78. The fourth-order valence-corrected chi connectivity index (χ4v) is 4.15. The van der Waals surface area contributed by atoms with Gasteiger partial charge in [0.25, 0.3) is 5.56 Å². The normalized spacial score (nSPS) is 16.3. The molecule has 24 heavy (non-hydrogen) atoms. The molecule has 3 aromatic rings. The van der Waals surface area contributed by atoms with Crippen molar-refractivity contribution in [3.05, 3.63) is 51.7 Å². The van der Waals surface area contributed by atoms with Crippen LogP contribution in [0.2, 0.25) is 0 Å². The van der Waals surface area contributed by atoms with Crippen molar-refractivity contribution >= 4 is 49.1 Å². The van der Waals surface area contributed by atoms with E-state index in [1.807, 2.05) is 12.2 Å². The van der Waals surface area contributed by atoms with Crippen molar-refractivity contribution in [2.45, 2.75) is 25.9 Å². The lowest BCUT2D eigenvalue weighted by Crippen LogP contribution is -2.19. The highest BCUT2D eigenvalue weighted by Gasteiger charge is 2.18. The van der Waals surface area contributed by atoms with Gasteiger partial charge in [-0.25, -0.2) is 9.97 Å². The predicted molar refractivity (Wildman–Crippen MR) is 97.3 cm³/mol. The highest BCUT2D eigenvalue weighted by molar-refractivity contribution is 7.25. The summed E-state index contributed by atoms with van der Waals surface area (Å²) in [6.07, 6.45) is 7.64. The molecule has 7 heteroatoms. The maximum Gasteiger partial charge on any atom is 0.275 e. The number of thiophene rings is 1. The molecule has 0 bridgehead atoms. The highest BCUT2D eigenvalue weighted by atomic mass is 35.5. The van der Waals surface area contributed by atoms with Gasteiger partial charge in [-0.15, -0.1) is 11.3 Å². The summed E-state index contributed by atoms with van der Waals surface area (Å²) in [6, 6.07) is 1.77. The molecule has 0 aromatic carbocycles. The standard InChI is InChI=1S/C17H14ClN3O2S/c1-9(22)12-6-7-19-16-13(12)14-15(24-16)17(23)21(8-20-14)11-4-2-10(18)3-5-11/h2,4,6-9,22H,3,5H2,1H3. The second-order valence-corrected chi connectivity index (χ2v) is 7.21. The summed E-state index contributed by atoms with van der Waals surface area (Å²) in [6.45, 7) is 1.70. The number of nitrogens with zero attached hydrogens (tertiary/aromatic N) is 3. The third-order valence-electron chi connectivity index (χ3n) is 4.15. The second-order valence-electron chi connectivity index (χ2n) is 5.73. The third-order valence-corrected chi connectivity index (χ3v) is 5.54. The van der Waals surface area contributed by atoms with Crippen molar-refractivity contribution in [1.29, 1.82) is 0 Å². The predicted octanol–water partition coefficient (Wildman–Crippen LogP) is 3.82. The Bertz CT molecular complexity index is 1080. The molecule has 0 radical (unpaired) electrons. The van der Waals surface area contributed by atoms with Crippen LogP contribution in [0.1, 0.15) is 31.4 Å². The van der Waals surface area contributed by atoms with Crippen molar-refractivity contribution < 1.29 is 5.11 Å². The molecular formula is C17H14ClN3O2S. The van der Waals surface area contributed by atoms with E-state index in [0.29, 0.717) is 21.5 Å². The van der Waals surface area contributed by atoms with Gasteiger partial charge in [0.15, 0.2) is 0 Å². The summed E-state index contributed by atoms with van der Waals surface area (Å²) >= 11 is 7.30. The molecule has 4 rings (SSSR count). The summed E-state index contributed by atoms with van der Waals surface area (Å²) in [5.74, 6) is 0. The Hall–Kier alpha value is -2.02. The molecule has 1 N–H and O–H groups in total. The van der Waals surface area contributed by atoms with Crippen molar-refractivity contribution in [2.24, 2.45) is 0 Å². The zero-order valence-electron chi connectivity index (χ0n) is 12.9. The molecule has 0 saturated heterocycles. The number of fused-ring (bicyclic) bond motifs is 3. The minimum Gasteiger partial charge on any atom is -0.389 e. The van der Waals surface area contributed by atoms with E-state index in [0.717, 1.165) is 28.1 Å². The largest absolute Gasteiger partial charge is 0.389 e. The number of aliphatic hydroxyl groups excluding tert-OH is 1. The molecule has 1 unspecified atom stereocenters. The van der Waals surface area contributed by atoms with Gasteiger partial charge in [-0.05, 0) is 43.5 Å². The van der Waals surface area contributed by atoms with Crippen LogP contribution in [-0.4, -0.2) is 19.6 Å². The van der Waals surface area contributed by atoms with E-state index in [4.69, 9.17) is 11.6 Å². The van der Waals surface area contributed by atoms with Crippen LogP contribution in [0.4, 0.5) is 0 Å². The number of hydrogen-bond donors (Lipinski definition) is 1. The smallest absolute Gasteiger partial charge is 0.275 e. The first-order valence-electron chi connectivity index (χ1n) is 7.58. The topological polar surface area (TPSA) is 68.0 Å². The number of rotatable bonds is 2. The molecular weight excluding hydrogens is 346 g/mol. The molecule has 1 aliphatic rings. The van der Waals surface area contributed by atoms with Gasteiger partial charge in [0.2, 0.25) is 0 Å². The molecule has 0 fully saturated rings. The highest BCUT2D eigenvalue weighted by Crippen LogP contribution is 2.34. The Kier molecular flexibility index (Phi) is 3.75. The molecule has 0 saturated carbocycles. The number of pyridine rings is 1. The number of hydrogen-bond acceptors (Lipinski definition) is 5. The molecule has 5 nitrogen and oxygen atoms in total. The quantitative estimate of drug-likeness (QED) is 0.755. The van der Waals surface area contributed by atoms with E-state index < -0.39 is 6.10 Å². The summed E-state index contributed by atoms with van der Waals surface area (Å²) in [4.78, 5) is 22.5. The first-order chi connectivity index (χ1) is 11.6. The zero-order valence-corrected chi connectivity index (χ0v) is 14.4. The van der Waals surface area contributed by atoms with Gasteiger partial charge in [0.05, 0.1) is 11.6 Å². The summed E-state index contributed by atoms with van der Waals surface area (Å²) < 4.78 is 2.12. The van der Waals surface area contributed by atoms with Crippen LogP contribution in [0.25, 0.3) is 26.1 Å². The summed E-state index contributed by atoms with van der Waals surface area (Å²) in [5, 5.41) is 11.5. The number of halogens is 1. The van der Waals surface area contributed by atoms with Crippen molar-refractivity contribution in [1.82, 2.24) is 14.5 Å². The van der Waals surface area contributed by atoms with Crippen molar-refractivity contribution in [3.63, 3.8) is 0 Å². The van der Waals surface area contributed by atoms with Gasteiger partial charge < -0.3 is 5.11 Å². The lowest BCUT2D eigenvalue weighted by molar-refractivity contribution is 0.201. The van der Waals surface area contributed by atoms with Crippen LogP contribution in [0.3, 0.4) is 0 Å². The molecule has 3 heterocycles. The maximum atomic E-state index is 12.9. The number of allylic oxidation sites excluding steroid dienone is 4. The van der Waals surface area contributed by atoms with Gasteiger partial charge in [-0.3, -0.25) is 9.36 Å². The van der Waals surface area contributed by atoms with E-state index in [-0.39, 0.29) is 5.56 Å². The lowest BCUT2D eigenvalue weighted by Gasteiger charge is -2.13. The molecule has 1 aliphatic carbocycles. The minimum atomic E-state index is -0.647. The van der Waals surface area contributed by atoms with Crippen LogP contribution >= 0.6 is 22.9 Å². The summed E-state index contributed by atoms with van der Waals surface area (Å²) in [7, 11) is 0. The Morgan fingerprint density at radius 1 is 1.33 bits per heavy atom. The summed E-state index contributed by atoms with van der Waals surface area (Å²) in [5.41, 5.74) is 2.10. The van der Waals surface area contributed by atoms with Crippen LogP contribution < -0.4 is 5.56 Å². The van der Waals surface area contributed by atoms with Gasteiger partial charge in [0.1, 0.15) is 15.9 Å². The van der Waals surface area contributed by atoms with Crippen molar-refractivity contribution in [3.8, 4) is 0 Å². The third kappa shape index (κ3) is 2.38. The van der Waals surface area contributed by atoms with Gasteiger partial charge in [-0.2, -0.15) is 0 Å². The average molecular weight is 360 g/mol. The second kappa shape index (κ2) is 5.81. The molecule has 122 valence electrons. The maximum absolute atomic E-state index is 12.9. The molecule has 0 amide bonds. The number of aromatic nitrogens is 3. The zero-order chi connectivity index (χ0) is 16.8. The van der Waals surface area contributed by atoms with Gasteiger partial charge in [0, 0.05) is 22.3 Å². The van der Waals surface area contributed by atoms with E-state index in [2.05, 4.69) is 9.97 Å². The molecule has 3 aromatic heterocycles. The molecule has 0 aliphatic heterocycles. The van der Waals surface area contributed by atoms with Crippen LogP contribution in [-0.2, 0) is 0 Å². The van der Waals surface area contributed by atoms with Crippen molar-refractivity contribution in [2.75, 3.05) is 0 Å². The van der Waals surface area contributed by atoms with Gasteiger partial charge >= 0.3 is 0 Å². The van der Waals surface area contributed by atoms with Crippen LogP contribution in [0.15, 0.2) is 40.6 Å².